The number of carboxylic acid groups (broad SMARTS) is 2. The van der Waals surface area contributed by atoms with Gasteiger partial charge in [-0.2, -0.15) is 0 Å². The summed E-state index contributed by atoms with van der Waals surface area (Å²) in [5.41, 5.74) is 5.87. The van der Waals surface area contributed by atoms with E-state index in [1.54, 1.807) is 6.92 Å². The van der Waals surface area contributed by atoms with Crippen molar-refractivity contribution in [1.29, 1.82) is 0 Å². The molecule has 0 fully saturated rings. The van der Waals surface area contributed by atoms with Crippen LogP contribution in [0.4, 0.5) is 11.4 Å². The number of aromatic hydroxyl groups is 2. The molecule has 5 atom stereocenters. The molecule has 10 N–H and O–H groups in total. The van der Waals surface area contributed by atoms with Crippen molar-refractivity contribution in [2.75, 3.05) is 24.1 Å². The Morgan fingerprint density at radius 3 is 2.05 bits per heavy atom. The first-order valence-electron chi connectivity index (χ1n) is 20.3. The van der Waals surface area contributed by atoms with Crippen molar-refractivity contribution in [3.63, 3.8) is 0 Å². The molecule has 1 unspecified atom stereocenters. The van der Waals surface area contributed by atoms with Crippen LogP contribution in [0.3, 0.4) is 0 Å². The number of aromatic amines is 1. The van der Waals surface area contributed by atoms with Crippen LogP contribution in [0.1, 0.15) is 116 Å². The number of hydrogen-bond acceptors (Lipinski definition) is 13. The molecule has 328 valence electrons. The Bertz CT molecular complexity index is 2140. The lowest BCUT2D eigenvalue weighted by Gasteiger charge is -2.24. The van der Waals surface area contributed by atoms with E-state index in [1.165, 1.54) is 36.8 Å². The fraction of sp³-hybridized carbons (Fsp3) is 0.465. The van der Waals surface area contributed by atoms with Crippen LogP contribution < -0.4 is 21.7 Å². The topological polar surface area (TPSA) is 308 Å². The van der Waals surface area contributed by atoms with Gasteiger partial charge in [0.15, 0.2) is 5.78 Å². The number of carboxylic acids is 2. The number of aromatic nitrogens is 2. The zero-order chi connectivity index (χ0) is 45.0. The van der Waals surface area contributed by atoms with Gasteiger partial charge in [0.2, 0.25) is 23.4 Å². The number of phenols is 2. The number of Topliss-reactive ketones (excluding diaryl/α,β-unsaturated/α-hetero) is 2. The van der Waals surface area contributed by atoms with Gasteiger partial charge in [-0.1, -0.05) is 27.2 Å². The number of nitrogens with two attached hydrogens (primary N) is 1. The van der Waals surface area contributed by atoms with Gasteiger partial charge in [0.05, 0.1) is 47.0 Å². The smallest absolute Gasteiger partial charge is 0.304 e. The van der Waals surface area contributed by atoms with Gasteiger partial charge in [0, 0.05) is 73.9 Å². The van der Waals surface area contributed by atoms with E-state index in [0.29, 0.717) is 31.5 Å². The van der Waals surface area contributed by atoms with Crippen LogP contribution in [-0.4, -0.2) is 96.4 Å². The molecule has 2 amide bonds. The number of fused-ring (bicyclic) bond motifs is 2. The Morgan fingerprint density at radius 1 is 0.770 bits per heavy atom. The van der Waals surface area contributed by atoms with Crippen LogP contribution in [0.15, 0.2) is 36.8 Å². The molecule has 0 spiro atoms. The minimum absolute atomic E-state index is 0.0159. The van der Waals surface area contributed by atoms with Crippen molar-refractivity contribution in [1.82, 2.24) is 20.6 Å². The Morgan fingerprint density at radius 2 is 1.41 bits per heavy atom. The van der Waals surface area contributed by atoms with Crippen molar-refractivity contribution >= 4 is 58.3 Å². The van der Waals surface area contributed by atoms with Crippen molar-refractivity contribution < 1.29 is 58.8 Å². The Balaban J connectivity index is 1.35. The van der Waals surface area contributed by atoms with Gasteiger partial charge < -0.3 is 47.1 Å². The van der Waals surface area contributed by atoms with Gasteiger partial charge >= 0.3 is 11.9 Å². The number of anilines is 2. The summed E-state index contributed by atoms with van der Waals surface area (Å²) >= 11 is 0. The minimum Gasteiger partial charge on any atom is -0.507 e. The van der Waals surface area contributed by atoms with Gasteiger partial charge in [0.1, 0.15) is 17.3 Å². The maximum Gasteiger partial charge on any atom is 0.304 e. The monoisotopic (exact) mass is 846 g/mol. The molecule has 1 heterocycles. The summed E-state index contributed by atoms with van der Waals surface area (Å²) in [7, 11) is 0. The van der Waals surface area contributed by atoms with E-state index in [2.05, 4.69) is 25.9 Å². The zero-order valence-electron chi connectivity index (χ0n) is 34.4. The average Bonchev–Trinajstić information content (AvgIpc) is 3.73. The van der Waals surface area contributed by atoms with E-state index in [9.17, 15) is 58.8 Å². The van der Waals surface area contributed by atoms with Gasteiger partial charge in [-0.25, -0.2) is 4.98 Å². The summed E-state index contributed by atoms with van der Waals surface area (Å²) in [5, 5.41) is 48.3. The summed E-state index contributed by atoms with van der Waals surface area (Å²) in [6.07, 6.45) is 2.94. The number of hydrogen-bond donors (Lipinski definition) is 9. The molecule has 0 aliphatic heterocycles. The lowest BCUT2D eigenvalue weighted by molar-refractivity contribution is -0.142. The number of imidazole rings is 1. The summed E-state index contributed by atoms with van der Waals surface area (Å²) in [5.74, 6) is -9.66. The molecular formula is C43H54N6O12. The number of aliphatic carboxylic acids is 2. The summed E-state index contributed by atoms with van der Waals surface area (Å²) in [6.45, 7) is 6.03. The number of unbranched alkanes of at least 4 members (excludes halogenated alkanes) is 2. The van der Waals surface area contributed by atoms with Crippen LogP contribution in [0.5, 0.6) is 11.5 Å². The van der Waals surface area contributed by atoms with Gasteiger partial charge in [0.25, 0.3) is 0 Å². The second kappa shape index (κ2) is 21.6. The molecular weight excluding hydrogens is 793 g/mol. The first-order valence-corrected chi connectivity index (χ1v) is 20.3. The lowest BCUT2D eigenvalue weighted by Crippen LogP contribution is -2.47. The van der Waals surface area contributed by atoms with Crippen molar-refractivity contribution in [2.45, 2.75) is 91.0 Å². The predicted molar refractivity (Wildman–Crippen MR) is 221 cm³/mol. The third kappa shape index (κ3) is 12.2. The van der Waals surface area contributed by atoms with Crippen LogP contribution in [0.2, 0.25) is 0 Å². The molecule has 1 aromatic heterocycles. The van der Waals surface area contributed by atoms with Crippen molar-refractivity contribution in [3.05, 3.63) is 64.7 Å². The number of ketones is 4. The van der Waals surface area contributed by atoms with Crippen LogP contribution in [0.25, 0.3) is 0 Å². The molecule has 2 aromatic carbocycles. The SMILES string of the molecule is CCC(C)[C@H](C)C(=O)C[C@@H](CCC(=O)O)C(=O)N[C@@H](Cc1cnc[nH]1)C(=O)C[C@@H](CC(=O)O)C(=O)NCCCCCNc1ccc(O)c2c1C(=O)c1c(O)ccc(N)c1C2=O. The summed E-state index contributed by atoms with van der Waals surface area (Å²) in [4.78, 5) is 111. The highest BCUT2D eigenvalue weighted by Crippen LogP contribution is 2.41. The number of amides is 2. The summed E-state index contributed by atoms with van der Waals surface area (Å²) < 4.78 is 0. The predicted octanol–water partition coefficient (Wildman–Crippen LogP) is 3.78. The third-order valence-corrected chi connectivity index (χ3v) is 11.2. The second-order valence-corrected chi connectivity index (χ2v) is 15.5. The molecule has 18 nitrogen and oxygen atoms in total. The zero-order valence-corrected chi connectivity index (χ0v) is 34.4. The van der Waals surface area contributed by atoms with Gasteiger partial charge in [-0.3, -0.25) is 38.4 Å². The Labute approximate surface area is 352 Å². The Kier molecular flexibility index (Phi) is 16.7. The fourth-order valence-corrected chi connectivity index (χ4v) is 7.27. The number of H-pyrrole nitrogens is 1. The van der Waals surface area contributed by atoms with E-state index >= 15 is 0 Å². The molecule has 0 radical (unpaired) electrons. The quantitative estimate of drug-likeness (QED) is 0.0260. The number of phenolic OH excluding ortho intramolecular Hbond substituents is 2. The van der Waals surface area contributed by atoms with Crippen LogP contribution in [-0.2, 0) is 35.2 Å². The van der Waals surface area contributed by atoms with Gasteiger partial charge in [-0.05, 0) is 55.9 Å². The molecule has 0 saturated carbocycles. The fourth-order valence-electron chi connectivity index (χ4n) is 7.27. The third-order valence-electron chi connectivity index (χ3n) is 11.2. The van der Waals surface area contributed by atoms with E-state index in [4.69, 9.17) is 5.73 Å². The number of benzene rings is 2. The number of nitrogen functional groups attached to an aromatic ring is 1. The molecule has 4 rings (SSSR count). The highest BCUT2D eigenvalue weighted by molar-refractivity contribution is 6.33. The summed E-state index contributed by atoms with van der Waals surface area (Å²) in [6, 6.07) is 3.97. The standard InChI is InChI=1S/C43H54N6O12/c1-4-22(2)23(3)32(52)16-24(8-13-34(54)55)43(61)49-29(19-26-20-45-21-48-26)33(53)17-25(18-35(56)57)42(60)47-15-7-5-6-14-46-28-10-12-31(51)39-37(28)41(59)38-30(50)11-9-27(44)36(38)40(39)58/h9-12,20-25,29,46,50-51H,4-8,13-19,44H2,1-3H3,(H,45,48)(H,47,60)(H,49,61)(H,54,55)(H,56,57)/t22?,23-,24+,25-,29-/m0/s1. The lowest BCUT2D eigenvalue weighted by atomic mass is 9.81. The van der Waals surface area contributed by atoms with E-state index in [0.717, 1.165) is 6.42 Å². The first kappa shape index (κ1) is 47.1. The van der Waals surface area contributed by atoms with E-state index in [1.807, 2.05) is 13.8 Å². The highest BCUT2D eigenvalue weighted by atomic mass is 16.4. The molecule has 0 bridgehead atoms. The normalized spacial score (nSPS) is 14.4. The Hall–Kier alpha value is -6.59. The number of carbonyl (C=O) groups excluding carboxylic acids is 6. The highest BCUT2D eigenvalue weighted by Gasteiger charge is 2.38. The average molecular weight is 847 g/mol. The second-order valence-electron chi connectivity index (χ2n) is 15.5. The minimum atomic E-state index is -1.32. The van der Waals surface area contributed by atoms with Crippen LogP contribution >= 0.6 is 0 Å². The molecule has 1 aliphatic rings. The number of rotatable bonds is 25. The number of nitrogens with one attached hydrogen (secondary N) is 4. The molecule has 0 saturated heterocycles. The van der Waals surface area contributed by atoms with Crippen molar-refractivity contribution in [3.8, 4) is 11.5 Å². The van der Waals surface area contributed by atoms with E-state index in [-0.39, 0.29) is 83.5 Å². The van der Waals surface area contributed by atoms with Crippen LogP contribution in [0, 0.1) is 23.7 Å². The molecule has 3 aromatic rings. The maximum absolute atomic E-state index is 13.8. The molecule has 61 heavy (non-hydrogen) atoms. The number of nitrogens with zero attached hydrogens (tertiary/aromatic N) is 1. The molecule has 1 aliphatic carbocycles. The molecule has 18 heteroatoms. The maximum atomic E-state index is 13.8. The largest absolute Gasteiger partial charge is 0.507 e. The van der Waals surface area contributed by atoms with Crippen molar-refractivity contribution in [2.24, 2.45) is 23.7 Å². The first-order chi connectivity index (χ1) is 28.9. The van der Waals surface area contributed by atoms with E-state index < -0.39 is 83.3 Å². The van der Waals surface area contributed by atoms with Gasteiger partial charge in [-0.15, -0.1) is 0 Å². The number of carbonyl (C=O) groups is 8.